The highest BCUT2D eigenvalue weighted by Crippen LogP contribution is 2.27. The van der Waals surface area contributed by atoms with E-state index < -0.39 is 40.6 Å². The minimum absolute atomic E-state index is 0.0977. The van der Waals surface area contributed by atoms with E-state index in [9.17, 15) is 27.9 Å². The zero-order valence-electron chi connectivity index (χ0n) is 12.3. The molecule has 1 aliphatic rings. The summed E-state index contributed by atoms with van der Waals surface area (Å²) < 4.78 is 39.2. The van der Waals surface area contributed by atoms with E-state index in [-0.39, 0.29) is 12.6 Å². The van der Waals surface area contributed by atoms with Gasteiger partial charge in [-0.1, -0.05) is 19.3 Å². The highest BCUT2D eigenvalue weighted by Gasteiger charge is 2.30. The Labute approximate surface area is 130 Å². The molecule has 2 amide bonds. The first kappa shape index (κ1) is 17.3. The van der Waals surface area contributed by atoms with Crippen LogP contribution < -0.4 is 10.6 Å². The number of nitrogens with one attached hydrogen (secondary N) is 2. The zero-order valence-corrected chi connectivity index (χ0v) is 12.3. The molecule has 8 heteroatoms. The second kappa shape index (κ2) is 6.99. The molecule has 0 saturated heterocycles. The van der Waals surface area contributed by atoms with Gasteiger partial charge in [-0.25, -0.2) is 13.2 Å². The summed E-state index contributed by atoms with van der Waals surface area (Å²) in [5, 5.41) is 14.3. The Morgan fingerprint density at radius 1 is 1.00 bits per heavy atom. The normalized spacial score (nSPS) is 16.7. The average Bonchev–Trinajstić information content (AvgIpc) is 2.51. The molecule has 0 bridgehead atoms. The second-order valence-electron chi connectivity index (χ2n) is 5.67. The lowest BCUT2D eigenvalue weighted by molar-refractivity contribution is -0.137. The number of hydrogen-bond acceptors (Lipinski definition) is 3. The summed E-state index contributed by atoms with van der Waals surface area (Å²) in [6.07, 6.45) is 3.71. The molecular weight excluding hydrogens is 313 g/mol. The molecule has 0 spiro atoms. The van der Waals surface area contributed by atoms with Crippen molar-refractivity contribution in [3.8, 4) is 0 Å². The summed E-state index contributed by atoms with van der Waals surface area (Å²) in [6.45, 7) is -0.0977. The Kier molecular flexibility index (Phi) is 5.25. The van der Waals surface area contributed by atoms with Crippen LogP contribution in [-0.2, 0) is 9.59 Å². The Morgan fingerprint density at radius 3 is 2.26 bits per heavy atom. The van der Waals surface area contributed by atoms with Crippen LogP contribution in [0.4, 0.5) is 18.9 Å². The largest absolute Gasteiger partial charge is 0.388 e. The van der Waals surface area contributed by atoms with Gasteiger partial charge in [-0.15, -0.1) is 0 Å². The predicted octanol–water partition coefficient (Wildman–Crippen LogP) is 1.85. The van der Waals surface area contributed by atoms with Gasteiger partial charge < -0.3 is 15.7 Å². The van der Waals surface area contributed by atoms with Gasteiger partial charge in [0.05, 0.1) is 11.3 Å². The van der Waals surface area contributed by atoms with Gasteiger partial charge >= 0.3 is 11.8 Å². The highest BCUT2D eigenvalue weighted by molar-refractivity contribution is 6.39. The van der Waals surface area contributed by atoms with Crippen LogP contribution in [-0.4, -0.2) is 29.1 Å². The number of amides is 2. The first-order valence-electron chi connectivity index (χ1n) is 7.27. The fourth-order valence-corrected chi connectivity index (χ4v) is 2.51. The maximum atomic E-state index is 13.4. The molecule has 0 aromatic heterocycles. The lowest BCUT2D eigenvalue weighted by atomic mass is 9.85. The van der Waals surface area contributed by atoms with Gasteiger partial charge in [-0.05, 0) is 12.8 Å². The Balaban J connectivity index is 1.92. The van der Waals surface area contributed by atoms with Crippen molar-refractivity contribution in [1.29, 1.82) is 0 Å². The van der Waals surface area contributed by atoms with Crippen LogP contribution in [0.3, 0.4) is 0 Å². The van der Waals surface area contributed by atoms with E-state index in [1.807, 2.05) is 5.32 Å². The molecular formula is C15H17F3N2O3. The van der Waals surface area contributed by atoms with Gasteiger partial charge in [-0.3, -0.25) is 9.59 Å². The van der Waals surface area contributed by atoms with Crippen molar-refractivity contribution in [2.75, 3.05) is 11.9 Å². The fraction of sp³-hybridized carbons (Fsp3) is 0.467. The molecule has 1 fully saturated rings. The molecule has 1 aliphatic carbocycles. The van der Waals surface area contributed by atoms with Crippen LogP contribution in [0, 0.1) is 17.5 Å². The number of halogens is 3. The Morgan fingerprint density at radius 2 is 1.61 bits per heavy atom. The number of rotatable bonds is 3. The van der Waals surface area contributed by atoms with Crippen molar-refractivity contribution in [3.05, 3.63) is 29.6 Å². The van der Waals surface area contributed by atoms with E-state index in [0.29, 0.717) is 18.9 Å². The molecule has 2 rings (SSSR count). The zero-order chi connectivity index (χ0) is 17.0. The molecule has 0 unspecified atom stereocenters. The van der Waals surface area contributed by atoms with Gasteiger partial charge in [0.1, 0.15) is 5.82 Å². The van der Waals surface area contributed by atoms with Gasteiger partial charge in [0.2, 0.25) is 0 Å². The van der Waals surface area contributed by atoms with Gasteiger partial charge in [0, 0.05) is 18.7 Å². The minimum atomic E-state index is -1.40. The number of anilines is 1. The summed E-state index contributed by atoms with van der Waals surface area (Å²) >= 11 is 0. The van der Waals surface area contributed by atoms with Crippen LogP contribution in [0.25, 0.3) is 0 Å². The molecule has 0 aliphatic heterocycles. The first-order valence-corrected chi connectivity index (χ1v) is 7.27. The Hall–Kier alpha value is -2.09. The molecule has 23 heavy (non-hydrogen) atoms. The average molecular weight is 330 g/mol. The smallest absolute Gasteiger partial charge is 0.313 e. The summed E-state index contributed by atoms with van der Waals surface area (Å²) in [7, 11) is 0. The third-order valence-corrected chi connectivity index (χ3v) is 3.83. The lowest BCUT2D eigenvalue weighted by Gasteiger charge is -2.31. The molecule has 3 N–H and O–H groups in total. The molecule has 0 atom stereocenters. The van der Waals surface area contributed by atoms with Crippen molar-refractivity contribution in [1.82, 2.24) is 5.32 Å². The summed E-state index contributed by atoms with van der Waals surface area (Å²) in [5.74, 6) is -6.26. The van der Waals surface area contributed by atoms with Crippen molar-refractivity contribution < 1.29 is 27.9 Å². The number of carbonyl (C=O) groups is 2. The topological polar surface area (TPSA) is 78.4 Å². The molecule has 5 nitrogen and oxygen atoms in total. The monoisotopic (exact) mass is 330 g/mol. The van der Waals surface area contributed by atoms with Gasteiger partial charge in [-0.2, -0.15) is 0 Å². The number of hydrogen-bond donors (Lipinski definition) is 3. The molecule has 1 saturated carbocycles. The van der Waals surface area contributed by atoms with Crippen molar-refractivity contribution in [2.24, 2.45) is 0 Å². The van der Waals surface area contributed by atoms with Crippen LogP contribution >= 0.6 is 0 Å². The van der Waals surface area contributed by atoms with Gasteiger partial charge in [0.15, 0.2) is 11.6 Å². The minimum Gasteiger partial charge on any atom is -0.388 e. The van der Waals surface area contributed by atoms with E-state index >= 15 is 0 Å². The van der Waals surface area contributed by atoms with Crippen LogP contribution in [0.2, 0.25) is 0 Å². The number of carbonyl (C=O) groups excluding carboxylic acids is 2. The quantitative estimate of drug-likeness (QED) is 0.585. The maximum Gasteiger partial charge on any atom is 0.313 e. The standard InChI is InChI=1S/C15H17F3N2O3/c16-9-6-11(18)12(7-10(9)17)20-14(22)13(21)19-8-15(23)4-2-1-3-5-15/h6-7,23H,1-5,8H2,(H,19,21)(H,20,22). The van der Waals surface area contributed by atoms with Crippen molar-refractivity contribution in [3.63, 3.8) is 0 Å². The molecule has 0 heterocycles. The summed E-state index contributed by atoms with van der Waals surface area (Å²) in [6, 6.07) is 0.720. The summed E-state index contributed by atoms with van der Waals surface area (Å²) in [4.78, 5) is 23.3. The van der Waals surface area contributed by atoms with E-state index in [1.165, 1.54) is 0 Å². The van der Waals surface area contributed by atoms with E-state index in [0.717, 1.165) is 19.3 Å². The lowest BCUT2D eigenvalue weighted by Crippen LogP contribution is -2.47. The molecule has 126 valence electrons. The van der Waals surface area contributed by atoms with Crippen LogP contribution in [0.15, 0.2) is 12.1 Å². The maximum absolute atomic E-state index is 13.4. The predicted molar refractivity (Wildman–Crippen MR) is 76.0 cm³/mol. The first-order chi connectivity index (χ1) is 10.8. The number of aliphatic hydroxyl groups is 1. The van der Waals surface area contributed by atoms with Crippen molar-refractivity contribution >= 4 is 17.5 Å². The summed E-state index contributed by atoms with van der Waals surface area (Å²) in [5.41, 5.74) is -1.69. The third kappa shape index (κ3) is 4.44. The van der Waals surface area contributed by atoms with Crippen LogP contribution in [0.5, 0.6) is 0 Å². The number of benzene rings is 1. The Bertz CT molecular complexity index is 616. The van der Waals surface area contributed by atoms with Crippen molar-refractivity contribution in [2.45, 2.75) is 37.7 Å². The van der Waals surface area contributed by atoms with E-state index in [4.69, 9.17) is 0 Å². The highest BCUT2D eigenvalue weighted by atomic mass is 19.2. The molecule has 1 aromatic rings. The third-order valence-electron chi connectivity index (χ3n) is 3.83. The van der Waals surface area contributed by atoms with E-state index in [2.05, 4.69) is 5.32 Å². The SMILES string of the molecule is O=C(NCC1(O)CCCCC1)C(=O)Nc1cc(F)c(F)cc1F. The molecule has 1 aromatic carbocycles. The fourth-order valence-electron chi connectivity index (χ4n) is 2.51. The van der Waals surface area contributed by atoms with Gasteiger partial charge in [0.25, 0.3) is 0 Å². The van der Waals surface area contributed by atoms with E-state index in [1.54, 1.807) is 0 Å². The van der Waals surface area contributed by atoms with Crippen LogP contribution in [0.1, 0.15) is 32.1 Å². The second-order valence-corrected chi connectivity index (χ2v) is 5.67. The molecule has 0 radical (unpaired) electrons.